The van der Waals surface area contributed by atoms with Crippen LogP contribution in [0.1, 0.15) is 67.9 Å². The molecule has 0 aromatic heterocycles. The van der Waals surface area contributed by atoms with Gasteiger partial charge in [0.15, 0.2) is 5.78 Å². The Morgan fingerprint density at radius 3 is 2.53 bits per heavy atom. The SMILES string of the molecule is COc1ccccc1CCN(C(=O)OCCCCCC(=O)c1cc2c(c(S(N)(=O)=O)c1)OCC2)C(C)(C)C. The third-order valence-electron chi connectivity index (χ3n) is 6.48. The zero-order chi connectivity index (χ0) is 27.9. The lowest BCUT2D eigenvalue weighted by Crippen LogP contribution is -2.47. The van der Waals surface area contributed by atoms with Gasteiger partial charge < -0.3 is 19.1 Å². The van der Waals surface area contributed by atoms with E-state index in [4.69, 9.17) is 19.3 Å². The first-order valence-electron chi connectivity index (χ1n) is 12.8. The van der Waals surface area contributed by atoms with E-state index in [1.165, 1.54) is 6.07 Å². The van der Waals surface area contributed by atoms with Crippen molar-refractivity contribution in [3.8, 4) is 11.5 Å². The van der Waals surface area contributed by atoms with Crippen molar-refractivity contribution in [2.24, 2.45) is 5.14 Å². The number of nitrogens with zero attached hydrogens (tertiary/aromatic N) is 1. The number of sulfonamides is 1. The summed E-state index contributed by atoms with van der Waals surface area (Å²) in [4.78, 5) is 27.1. The summed E-state index contributed by atoms with van der Waals surface area (Å²) in [7, 11) is -2.37. The highest BCUT2D eigenvalue weighted by molar-refractivity contribution is 7.89. The second-order valence-corrected chi connectivity index (χ2v) is 11.9. The molecule has 0 unspecified atom stereocenters. The van der Waals surface area contributed by atoms with Crippen LogP contribution in [0.2, 0.25) is 0 Å². The van der Waals surface area contributed by atoms with Gasteiger partial charge >= 0.3 is 6.09 Å². The molecular weight excluding hydrogens is 508 g/mol. The Morgan fingerprint density at radius 2 is 1.84 bits per heavy atom. The number of rotatable bonds is 12. The van der Waals surface area contributed by atoms with Crippen molar-refractivity contribution in [1.82, 2.24) is 4.90 Å². The maximum Gasteiger partial charge on any atom is 0.410 e. The van der Waals surface area contributed by atoms with Gasteiger partial charge in [0.2, 0.25) is 10.0 Å². The largest absolute Gasteiger partial charge is 0.496 e. The third kappa shape index (κ3) is 7.70. The minimum Gasteiger partial charge on any atom is -0.496 e. The molecule has 3 rings (SSSR count). The molecule has 2 N–H and O–H groups in total. The highest BCUT2D eigenvalue weighted by atomic mass is 32.2. The number of hydrogen-bond donors (Lipinski definition) is 1. The van der Waals surface area contributed by atoms with E-state index in [-0.39, 0.29) is 35.5 Å². The summed E-state index contributed by atoms with van der Waals surface area (Å²) in [5.74, 6) is 0.883. The van der Waals surface area contributed by atoms with Gasteiger partial charge in [0.05, 0.1) is 20.3 Å². The summed E-state index contributed by atoms with van der Waals surface area (Å²) >= 11 is 0. The number of hydrogen-bond acceptors (Lipinski definition) is 7. The lowest BCUT2D eigenvalue weighted by molar-refractivity contribution is 0.0668. The van der Waals surface area contributed by atoms with Gasteiger partial charge in [-0.1, -0.05) is 18.2 Å². The zero-order valence-corrected chi connectivity index (χ0v) is 23.4. The summed E-state index contributed by atoms with van der Waals surface area (Å²) in [6.45, 7) is 7.00. The molecule has 10 heteroatoms. The first kappa shape index (κ1) is 29.4. The molecule has 38 heavy (non-hydrogen) atoms. The maximum absolute atomic E-state index is 12.8. The number of Topliss-reactive ketones (excluding diaryl/α,β-unsaturated/α-hetero) is 1. The minimum atomic E-state index is -4.00. The molecule has 1 aliphatic heterocycles. The van der Waals surface area contributed by atoms with E-state index in [0.29, 0.717) is 56.4 Å². The van der Waals surface area contributed by atoms with Crippen LogP contribution in [0.15, 0.2) is 41.3 Å². The van der Waals surface area contributed by atoms with Crippen LogP contribution in [0.5, 0.6) is 11.5 Å². The second kappa shape index (κ2) is 12.6. The fourth-order valence-corrected chi connectivity index (χ4v) is 5.17. The number of ketones is 1. The van der Waals surface area contributed by atoms with Crippen molar-refractivity contribution >= 4 is 21.9 Å². The number of carbonyl (C=O) groups excluding carboxylic acids is 2. The number of nitrogens with two attached hydrogens (primary N) is 1. The Hall–Kier alpha value is -3.11. The van der Waals surface area contributed by atoms with Crippen molar-refractivity contribution in [2.75, 3.05) is 26.9 Å². The number of primary sulfonamides is 1. The third-order valence-corrected chi connectivity index (χ3v) is 7.40. The van der Waals surface area contributed by atoms with Crippen molar-refractivity contribution in [1.29, 1.82) is 0 Å². The molecule has 9 nitrogen and oxygen atoms in total. The van der Waals surface area contributed by atoms with Crippen LogP contribution >= 0.6 is 0 Å². The van der Waals surface area contributed by atoms with Crippen LogP contribution in [0.4, 0.5) is 4.79 Å². The number of amides is 1. The van der Waals surface area contributed by atoms with Crippen molar-refractivity contribution < 1.29 is 32.2 Å². The van der Waals surface area contributed by atoms with Gasteiger partial charge in [0.1, 0.15) is 16.4 Å². The molecule has 0 spiro atoms. The Kier molecular flexibility index (Phi) is 9.78. The lowest BCUT2D eigenvalue weighted by atomic mass is 10.0. The summed E-state index contributed by atoms with van der Waals surface area (Å²) in [5, 5.41) is 5.32. The molecule has 0 saturated heterocycles. The van der Waals surface area contributed by atoms with E-state index >= 15 is 0 Å². The normalized spacial score (nSPS) is 13.0. The van der Waals surface area contributed by atoms with Gasteiger partial charge in [-0.3, -0.25) is 4.79 Å². The average molecular weight is 547 g/mol. The molecule has 2 aromatic rings. The van der Waals surface area contributed by atoms with Crippen LogP contribution in [0.3, 0.4) is 0 Å². The first-order valence-corrected chi connectivity index (χ1v) is 14.4. The second-order valence-electron chi connectivity index (χ2n) is 10.3. The molecular formula is C28H38N2O7S. The quantitative estimate of drug-likeness (QED) is 0.307. The van der Waals surface area contributed by atoms with E-state index in [0.717, 1.165) is 11.3 Å². The lowest BCUT2D eigenvalue weighted by Gasteiger charge is -2.35. The van der Waals surface area contributed by atoms with Gasteiger partial charge in [-0.15, -0.1) is 0 Å². The number of unbranched alkanes of at least 4 members (excludes halogenated alkanes) is 2. The molecule has 0 fully saturated rings. The van der Waals surface area contributed by atoms with E-state index in [2.05, 4.69) is 0 Å². The monoisotopic (exact) mass is 546 g/mol. The van der Waals surface area contributed by atoms with Gasteiger partial charge in [-0.25, -0.2) is 18.4 Å². The summed E-state index contributed by atoms with van der Waals surface area (Å²) in [5.41, 5.74) is 1.61. The van der Waals surface area contributed by atoms with E-state index in [9.17, 15) is 18.0 Å². The van der Waals surface area contributed by atoms with Gasteiger partial charge in [-0.05, 0) is 75.8 Å². The minimum absolute atomic E-state index is 0.142. The van der Waals surface area contributed by atoms with Crippen LogP contribution in [0, 0.1) is 0 Å². The number of ether oxygens (including phenoxy) is 3. The average Bonchev–Trinajstić information content (AvgIpc) is 3.33. The van der Waals surface area contributed by atoms with Crippen LogP contribution in [0.25, 0.3) is 0 Å². The van der Waals surface area contributed by atoms with Crippen molar-refractivity contribution in [3.05, 3.63) is 53.1 Å². The molecule has 1 heterocycles. The van der Waals surface area contributed by atoms with E-state index < -0.39 is 15.6 Å². The number of benzene rings is 2. The van der Waals surface area contributed by atoms with E-state index in [1.54, 1.807) is 18.1 Å². The Morgan fingerprint density at radius 1 is 1.11 bits per heavy atom. The summed E-state index contributed by atoms with van der Waals surface area (Å²) in [6.07, 6.45) is 2.95. The Labute approximate surface area is 225 Å². The summed E-state index contributed by atoms with van der Waals surface area (Å²) < 4.78 is 40.2. The van der Waals surface area contributed by atoms with E-state index in [1.807, 2.05) is 45.0 Å². The molecule has 1 amide bonds. The smallest absolute Gasteiger partial charge is 0.410 e. The fourth-order valence-electron chi connectivity index (χ4n) is 4.43. The van der Waals surface area contributed by atoms with Crippen LogP contribution in [-0.2, 0) is 27.6 Å². The number of methoxy groups -OCH3 is 1. The highest BCUT2D eigenvalue weighted by Gasteiger charge is 2.28. The van der Waals surface area contributed by atoms with Gasteiger partial charge in [0.25, 0.3) is 0 Å². The predicted octanol–water partition coefficient (Wildman–Crippen LogP) is 4.50. The first-order chi connectivity index (χ1) is 17.9. The molecule has 0 aliphatic carbocycles. The molecule has 1 aliphatic rings. The molecule has 2 aromatic carbocycles. The zero-order valence-electron chi connectivity index (χ0n) is 22.6. The molecule has 208 valence electrons. The Balaban J connectivity index is 1.46. The maximum atomic E-state index is 12.8. The molecule has 0 bridgehead atoms. The topological polar surface area (TPSA) is 125 Å². The van der Waals surface area contributed by atoms with Crippen molar-refractivity contribution in [2.45, 2.75) is 69.7 Å². The highest BCUT2D eigenvalue weighted by Crippen LogP contribution is 2.34. The molecule has 0 saturated carbocycles. The van der Waals surface area contributed by atoms with Crippen LogP contribution < -0.4 is 14.6 Å². The molecule has 0 atom stereocenters. The summed E-state index contributed by atoms with van der Waals surface area (Å²) in [6, 6.07) is 10.7. The number of fused-ring (bicyclic) bond motifs is 1. The standard InChI is InChI=1S/C28H38N2O7S/c1-28(2,3)30(15-13-20-10-7-8-12-24(20)35-4)27(32)37-16-9-5-6-11-23(31)22-18-21-14-17-36-26(21)25(19-22)38(29,33)34/h7-8,10,12,18-19H,5-6,9,11,13-17H2,1-4H3,(H2,29,33,34). The van der Waals surface area contributed by atoms with Gasteiger partial charge in [-0.2, -0.15) is 0 Å². The fraction of sp³-hybridized carbons (Fsp3) is 0.500. The van der Waals surface area contributed by atoms with Crippen molar-refractivity contribution in [3.63, 3.8) is 0 Å². The molecule has 0 radical (unpaired) electrons. The van der Waals surface area contributed by atoms with Gasteiger partial charge in [0, 0.05) is 30.5 Å². The Bertz CT molecular complexity index is 1250. The van der Waals surface area contributed by atoms with Crippen LogP contribution in [-0.4, -0.2) is 57.6 Å². The predicted molar refractivity (Wildman–Crippen MR) is 144 cm³/mol. The number of carbonyl (C=O) groups is 2. The number of para-hydroxylation sites is 1.